The summed E-state index contributed by atoms with van der Waals surface area (Å²) in [5.41, 5.74) is 5.30. The smallest absolute Gasteiger partial charge is 0.151 e. The summed E-state index contributed by atoms with van der Waals surface area (Å²) in [6.45, 7) is 0. The highest BCUT2D eigenvalue weighted by Gasteiger charge is 2.44. The van der Waals surface area contributed by atoms with Crippen LogP contribution in [0.3, 0.4) is 0 Å². The number of aliphatic hydroxyl groups is 1. The molecule has 1 aliphatic rings. The van der Waals surface area contributed by atoms with Crippen LogP contribution in [-0.4, -0.2) is 5.11 Å². The molecule has 3 aromatic carbocycles. The first-order valence-corrected chi connectivity index (χ1v) is 9.23. The van der Waals surface area contributed by atoms with E-state index in [1.54, 1.807) is 11.3 Å². The number of thiophene rings is 1. The summed E-state index contributed by atoms with van der Waals surface area (Å²) in [7, 11) is 0. The van der Waals surface area contributed by atoms with Gasteiger partial charge in [-0.2, -0.15) is 0 Å². The van der Waals surface area contributed by atoms with Crippen LogP contribution in [0.4, 0.5) is 0 Å². The van der Waals surface area contributed by atoms with Gasteiger partial charge >= 0.3 is 0 Å². The highest BCUT2D eigenvalue weighted by atomic mass is 32.1. The zero-order valence-corrected chi connectivity index (χ0v) is 14.3. The van der Waals surface area contributed by atoms with Crippen LogP contribution in [0.25, 0.3) is 22.3 Å². The van der Waals surface area contributed by atoms with Crippen molar-refractivity contribution in [1.29, 1.82) is 0 Å². The molecule has 0 bridgehead atoms. The van der Waals surface area contributed by atoms with Crippen molar-refractivity contribution in [2.45, 2.75) is 5.60 Å². The van der Waals surface area contributed by atoms with E-state index in [1.807, 2.05) is 54.6 Å². The molecule has 0 unspecified atom stereocenters. The normalized spacial score (nSPS) is 14.1. The van der Waals surface area contributed by atoms with Crippen LogP contribution >= 0.6 is 11.3 Å². The van der Waals surface area contributed by atoms with E-state index in [2.05, 4.69) is 35.7 Å². The van der Waals surface area contributed by atoms with Crippen molar-refractivity contribution in [2.75, 3.05) is 0 Å². The van der Waals surface area contributed by atoms with Gasteiger partial charge in [-0.05, 0) is 33.7 Å². The number of rotatable bonds is 2. The lowest BCUT2D eigenvalue weighted by Gasteiger charge is -2.26. The summed E-state index contributed by atoms with van der Waals surface area (Å²) in [5, 5.41) is 14.1. The van der Waals surface area contributed by atoms with Gasteiger partial charge in [0.25, 0.3) is 0 Å². The minimum Gasteiger partial charge on any atom is -0.375 e. The van der Waals surface area contributed by atoms with E-state index in [-0.39, 0.29) is 0 Å². The van der Waals surface area contributed by atoms with E-state index in [0.717, 1.165) is 38.3 Å². The lowest BCUT2D eigenvalue weighted by Crippen LogP contribution is -2.25. The fourth-order valence-corrected chi connectivity index (χ4v) is 4.93. The van der Waals surface area contributed by atoms with Crippen LogP contribution in [0.1, 0.15) is 16.0 Å². The predicted molar refractivity (Wildman–Crippen MR) is 104 cm³/mol. The molecule has 5 rings (SSSR count). The topological polar surface area (TPSA) is 20.2 Å². The number of hydrogen-bond donors (Lipinski definition) is 1. The van der Waals surface area contributed by atoms with Crippen molar-refractivity contribution in [3.8, 4) is 22.3 Å². The van der Waals surface area contributed by atoms with Crippen molar-refractivity contribution in [3.05, 3.63) is 106 Å². The average molecular weight is 340 g/mol. The Morgan fingerprint density at radius 2 is 1.16 bits per heavy atom. The van der Waals surface area contributed by atoms with Crippen molar-refractivity contribution in [3.63, 3.8) is 0 Å². The van der Waals surface area contributed by atoms with Gasteiger partial charge < -0.3 is 5.11 Å². The lowest BCUT2D eigenvalue weighted by molar-refractivity contribution is 0.135. The van der Waals surface area contributed by atoms with E-state index >= 15 is 0 Å². The molecule has 0 fully saturated rings. The highest BCUT2D eigenvalue weighted by molar-refractivity contribution is 7.10. The molecule has 4 aromatic rings. The third kappa shape index (κ3) is 1.98. The zero-order chi connectivity index (χ0) is 16.9. The minimum atomic E-state index is -1.10. The molecule has 0 saturated carbocycles. The molecule has 1 N–H and O–H groups in total. The number of benzene rings is 3. The zero-order valence-electron chi connectivity index (χ0n) is 13.5. The average Bonchev–Trinajstić information content (AvgIpc) is 3.27. The molecule has 1 aliphatic carbocycles. The summed E-state index contributed by atoms with van der Waals surface area (Å²) in [6, 6.07) is 28.8. The third-order valence-electron chi connectivity index (χ3n) is 5.00. The van der Waals surface area contributed by atoms with Crippen molar-refractivity contribution < 1.29 is 5.11 Å². The monoisotopic (exact) mass is 340 g/mol. The molecular formula is C23H16OS. The molecule has 0 radical (unpaired) electrons. The van der Waals surface area contributed by atoms with Crippen LogP contribution in [0.2, 0.25) is 0 Å². The fraction of sp³-hybridized carbons (Fsp3) is 0.0435. The first kappa shape index (κ1) is 14.6. The maximum Gasteiger partial charge on any atom is 0.151 e. The van der Waals surface area contributed by atoms with Gasteiger partial charge in [0.05, 0.1) is 4.88 Å². The van der Waals surface area contributed by atoms with Crippen LogP contribution in [0.15, 0.2) is 90.3 Å². The van der Waals surface area contributed by atoms with Crippen molar-refractivity contribution in [1.82, 2.24) is 0 Å². The Hall–Kier alpha value is -2.68. The molecule has 0 atom stereocenters. The minimum absolute atomic E-state index is 0.968. The van der Waals surface area contributed by atoms with Gasteiger partial charge in [0, 0.05) is 11.1 Å². The first-order valence-electron chi connectivity index (χ1n) is 8.35. The molecule has 0 aliphatic heterocycles. The molecule has 1 nitrogen and oxygen atoms in total. The van der Waals surface area contributed by atoms with Crippen LogP contribution in [-0.2, 0) is 5.60 Å². The molecule has 0 amide bonds. The molecule has 0 saturated heterocycles. The Morgan fingerprint density at radius 3 is 1.80 bits per heavy atom. The van der Waals surface area contributed by atoms with E-state index in [1.165, 1.54) is 0 Å². The van der Waals surface area contributed by atoms with Crippen molar-refractivity contribution in [2.24, 2.45) is 0 Å². The van der Waals surface area contributed by atoms with E-state index in [9.17, 15) is 5.11 Å². The second-order valence-corrected chi connectivity index (χ2v) is 7.25. The van der Waals surface area contributed by atoms with E-state index in [0.29, 0.717) is 0 Å². The van der Waals surface area contributed by atoms with E-state index < -0.39 is 5.60 Å². The Kier molecular flexibility index (Phi) is 3.17. The van der Waals surface area contributed by atoms with Crippen molar-refractivity contribution >= 4 is 11.3 Å². The van der Waals surface area contributed by atoms with Crippen LogP contribution < -0.4 is 0 Å². The van der Waals surface area contributed by atoms with Gasteiger partial charge in [0.2, 0.25) is 0 Å². The summed E-state index contributed by atoms with van der Waals surface area (Å²) < 4.78 is 0. The number of hydrogen-bond acceptors (Lipinski definition) is 2. The Morgan fingerprint density at radius 1 is 0.600 bits per heavy atom. The van der Waals surface area contributed by atoms with Gasteiger partial charge in [-0.25, -0.2) is 0 Å². The standard InChI is InChI=1S/C23H16OS/c24-23(22-17(14-15-25-22)16-8-2-1-3-9-16)20-12-6-4-10-18(20)19-11-5-7-13-21(19)23/h1-15,24H. The van der Waals surface area contributed by atoms with Gasteiger partial charge in [-0.15, -0.1) is 11.3 Å². The van der Waals surface area contributed by atoms with Gasteiger partial charge in [0.1, 0.15) is 0 Å². The summed E-state index contributed by atoms with van der Waals surface area (Å²) >= 11 is 1.62. The second-order valence-electron chi connectivity index (χ2n) is 6.33. The maximum atomic E-state index is 12.0. The molecule has 1 aromatic heterocycles. The largest absolute Gasteiger partial charge is 0.375 e. The molecule has 0 spiro atoms. The Bertz CT molecular complexity index is 1020. The molecule has 25 heavy (non-hydrogen) atoms. The first-order chi connectivity index (χ1) is 12.3. The van der Waals surface area contributed by atoms with Gasteiger partial charge in [-0.3, -0.25) is 0 Å². The lowest BCUT2D eigenvalue weighted by atomic mass is 9.86. The Balaban J connectivity index is 1.82. The molecule has 2 heteroatoms. The molecular weight excluding hydrogens is 324 g/mol. The maximum absolute atomic E-state index is 12.0. The number of fused-ring (bicyclic) bond motifs is 3. The Labute approximate surface area is 150 Å². The SMILES string of the molecule is OC1(c2sccc2-c2ccccc2)c2ccccc2-c2ccccc21. The highest BCUT2D eigenvalue weighted by Crippen LogP contribution is 2.53. The summed E-state index contributed by atoms with van der Waals surface area (Å²) in [5.74, 6) is 0. The summed E-state index contributed by atoms with van der Waals surface area (Å²) in [4.78, 5) is 0.982. The summed E-state index contributed by atoms with van der Waals surface area (Å²) in [6.07, 6.45) is 0. The van der Waals surface area contributed by atoms with Gasteiger partial charge in [0.15, 0.2) is 5.60 Å². The van der Waals surface area contributed by atoms with Gasteiger partial charge in [-0.1, -0.05) is 78.9 Å². The third-order valence-corrected chi connectivity index (χ3v) is 6.03. The van der Waals surface area contributed by atoms with Crippen LogP contribution in [0, 0.1) is 0 Å². The van der Waals surface area contributed by atoms with Crippen LogP contribution in [0.5, 0.6) is 0 Å². The van der Waals surface area contributed by atoms with E-state index in [4.69, 9.17) is 0 Å². The molecule has 120 valence electrons. The second kappa shape index (κ2) is 5.41. The molecule has 1 heterocycles. The fourth-order valence-electron chi connectivity index (χ4n) is 3.89. The quantitative estimate of drug-likeness (QED) is 0.498. The predicted octanol–water partition coefficient (Wildman–Crippen LogP) is 5.68.